The van der Waals surface area contributed by atoms with Crippen LogP contribution in [0.15, 0.2) is 12.2 Å². The fourth-order valence-corrected chi connectivity index (χ4v) is 6.74. The normalized spacial score (nSPS) is 46.4. The molecule has 3 saturated carbocycles. The lowest BCUT2D eigenvalue weighted by Gasteiger charge is -2.44. The van der Waals surface area contributed by atoms with Crippen molar-refractivity contribution < 1.29 is 0 Å². The number of hydrogen-bond acceptors (Lipinski definition) is 0. The summed E-state index contributed by atoms with van der Waals surface area (Å²) in [4.78, 5) is 0. The predicted octanol–water partition coefficient (Wildman–Crippen LogP) is 7.88. The third kappa shape index (κ3) is 4.92. The molecule has 0 aliphatic heterocycles. The molecule has 25 heavy (non-hydrogen) atoms. The molecule has 0 heterocycles. The molecule has 0 radical (unpaired) electrons. The number of hydrogen-bond donors (Lipinski definition) is 0. The highest BCUT2D eigenvalue weighted by atomic mass is 14.4. The summed E-state index contributed by atoms with van der Waals surface area (Å²) in [6.07, 6.45) is 21.3. The molecule has 0 aromatic rings. The Labute approximate surface area is 158 Å². The molecule has 0 amide bonds. The van der Waals surface area contributed by atoms with E-state index < -0.39 is 0 Å². The molecular weight excluding hydrogens is 300 g/mol. The van der Waals surface area contributed by atoms with Crippen molar-refractivity contribution in [3.63, 3.8) is 0 Å². The summed E-state index contributed by atoms with van der Waals surface area (Å²) in [5, 5.41) is 0. The second kappa shape index (κ2) is 9.09. The van der Waals surface area contributed by atoms with E-state index in [9.17, 15) is 0 Å². The maximum Gasteiger partial charge on any atom is -0.0322 e. The zero-order valence-electron chi connectivity index (χ0n) is 17.6. The van der Waals surface area contributed by atoms with Crippen molar-refractivity contribution in [1.29, 1.82) is 0 Å². The lowest BCUT2D eigenvalue weighted by molar-refractivity contribution is 0.0645. The molecule has 0 aromatic heterocycles. The minimum absolute atomic E-state index is 0.949. The highest BCUT2D eigenvalue weighted by molar-refractivity contribution is 4.89. The van der Waals surface area contributed by atoms with Crippen LogP contribution in [0.2, 0.25) is 0 Å². The van der Waals surface area contributed by atoms with E-state index >= 15 is 0 Å². The fraction of sp³-hybridized carbons (Fsp3) is 0.920. The van der Waals surface area contributed by atoms with E-state index in [-0.39, 0.29) is 0 Å². The lowest BCUT2D eigenvalue weighted by atomic mass is 9.61. The monoisotopic (exact) mass is 344 g/mol. The van der Waals surface area contributed by atoms with Gasteiger partial charge >= 0.3 is 0 Å². The quantitative estimate of drug-likeness (QED) is 0.455. The molecule has 0 nitrogen and oxygen atoms in total. The molecule has 3 rings (SSSR count). The van der Waals surface area contributed by atoms with Gasteiger partial charge in [-0.15, -0.1) is 0 Å². The molecule has 0 saturated heterocycles. The maximum absolute atomic E-state index is 2.52. The van der Waals surface area contributed by atoms with Crippen molar-refractivity contribution in [1.82, 2.24) is 0 Å². The second-order valence-electron chi connectivity index (χ2n) is 10.3. The first kappa shape index (κ1) is 19.5. The van der Waals surface area contributed by atoms with E-state index in [1.54, 1.807) is 25.7 Å². The van der Waals surface area contributed by atoms with Crippen LogP contribution >= 0.6 is 0 Å². The van der Waals surface area contributed by atoms with Gasteiger partial charge in [-0.2, -0.15) is 0 Å². The first-order valence-electron chi connectivity index (χ1n) is 11.7. The summed E-state index contributed by atoms with van der Waals surface area (Å²) in [6.45, 7) is 9.70. The molecule has 144 valence electrons. The Bertz CT molecular complexity index is 394. The lowest BCUT2D eigenvalue weighted by Crippen LogP contribution is -2.34. The van der Waals surface area contributed by atoms with Crippen molar-refractivity contribution in [3.05, 3.63) is 12.2 Å². The van der Waals surface area contributed by atoms with Crippen molar-refractivity contribution in [3.8, 4) is 0 Å². The Balaban J connectivity index is 1.42. The molecule has 0 bridgehead atoms. The van der Waals surface area contributed by atoms with Crippen LogP contribution in [-0.4, -0.2) is 0 Å². The van der Waals surface area contributed by atoms with Gasteiger partial charge in [0.2, 0.25) is 0 Å². The van der Waals surface area contributed by atoms with E-state index in [4.69, 9.17) is 0 Å². The minimum Gasteiger partial charge on any atom is -0.0917 e. The predicted molar refractivity (Wildman–Crippen MR) is 111 cm³/mol. The molecule has 3 aliphatic carbocycles. The minimum atomic E-state index is 0.949. The molecule has 2 unspecified atom stereocenters. The van der Waals surface area contributed by atoms with Crippen LogP contribution < -0.4 is 0 Å². The fourth-order valence-electron chi connectivity index (χ4n) is 6.74. The molecule has 0 N–H and O–H groups in total. The smallest absolute Gasteiger partial charge is 0.0322 e. The van der Waals surface area contributed by atoms with Gasteiger partial charge in [-0.25, -0.2) is 0 Å². The summed E-state index contributed by atoms with van der Waals surface area (Å²) >= 11 is 0. The van der Waals surface area contributed by atoms with Gasteiger partial charge in [0, 0.05) is 0 Å². The van der Waals surface area contributed by atoms with Crippen LogP contribution in [0, 0.1) is 47.3 Å². The van der Waals surface area contributed by atoms with Crippen LogP contribution in [0.4, 0.5) is 0 Å². The third-order valence-electron chi connectivity index (χ3n) is 8.89. The topological polar surface area (TPSA) is 0 Å². The average Bonchev–Trinajstić information content (AvgIpc) is 2.64. The average molecular weight is 345 g/mol. The van der Waals surface area contributed by atoms with E-state index in [0.717, 1.165) is 47.3 Å². The van der Waals surface area contributed by atoms with Crippen molar-refractivity contribution >= 4 is 0 Å². The van der Waals surface area contributed by atoms with E-state index in [0.29, 0.717) is 0 Å². The highest BCUT2D eigenvalue weighted by Gasteiger charge is 2.37. The van der Waals surface area contributed by atoms with Gasteiger partial charge in [-0.3, -0.25) is 0 Å². The van der Waals surface area contributed by atoms with Gasteiger partial charge in [0.05, 0.1) is 0 Å². The van der Waals surface area contributed by atoms with Crippen molar-refractivity contribution in [2.24, 2.45) is 47.3 Å². The van der Waals surface area contributed by atoms with Gasteiger partial charge in [-0.05, 0) is 125 Å². The summed E-state index contributed by atoms with van der Waals surface area (Å²) in [7, 11) is 0. The summed E-state index contributed by atoms with van der Waals surface area (Å²) in [5.74, 6) is 8.14. The third-order valence-corrected chi connectivity index (χ3v) is 8.89. The molecular formula is C25H44. The van der Waals surface area contributed by atoms with Crippen molar-refractivity contribution in [2.45, 2.75) is 98.3 Å². The standard InChI is InChI=1S/C25H44/c1-5-6-7-21-8-10-22(11-9-21)23-12-14-24(15-13-23)25-16-18(2)20(4)19(3)17-25/h5-6,18-25H,7-17H2,1-4H3. The SMILES string of the molecule is CC=CCC1CCC(C2CCC(C3CC(C)C(C)C(C)C3)CC2)CC1. The van der Waals surface area contributed by atoms with Crippen LogP contribution in [0.1, 0.15) is 98.3 Å². The van der Waals surface area contributed by atoms with Crippen molar-refractivity contribution in [2.75, 3.05) is 0 Å². The van der Waals surface area contributed by atoms with Crippen LogP contribution in [0.25, 0.3) is 0 Å². The highest BCUT2D eigenvalue weighted by Crippen LogP contribution is 2.48. The van der Waals surface area contributed by atoms with Crippen LogP contribution in [0.5, 0.6) is 0 Å². The molecule has 3 aliphatic rings. The first-order chi connectivity index (χ1) is 12.1. The maximum atomic E-state index is 2.52. The van der Waals surface area contributed by atoms with Crippen LogP contribution in [0.3, 0.4) is 0 Å². The Hall–Kier alpha value is -0.260. The zero-order valence-corrected chi connectivity index (χ0v) is 17.6. The number of allylic oxidation sites excluding steroid dienone is 2. The Morgan fingerprint density at radius 2 is 1.08 bits per heavy atom. The van der Waals surface area contributed by atoms with Gasteiger partial charge in [0.15, 0.2) is 0 Å². The van der Waals surface area contributed by atoms with E-state index in [1.165, 1.54) is 44.9 Å². The first-order valence-corrected chi connectivity index (χ1v) is 11.7. The molecule has 0 aromatic carbocycles. The zero-order chi connectivity index (χ0) is 17.8. The summed E-state index contributed by atoms with van der Waals surface area (Å²) < 4.78 is 0. The van der Waals surface area contributed by atoms with Gasteiger partial charge in [0.1, 0.15) is 0 Å². The molecule has 2 atom stereocenters. The summed E-state index contributed by atoms with van der Waals surface area (Å²) in [6, 6.07) is 0. The Morgan fingerprint density at radius 1 is 0.640 bits per heavy atom. The van der Waals surface area contributed by atoms with E-state index in [2.05, 4.69) is 39.8 Å². The van der Waals surface area contributed by atoms with Gasteiger partial charge < -0.3 is 0 Å². The Kier molecular flexibility index (Phi) is 7.09. The van der Waals surface area contributed by atoms with E-state index in [1.807, 2.05) is 0 Å². The summed E-state index contributed by atoms with van der Waals surface area (Å²) in [5.41, 5.74) is 0. The second-order valence-corrected chi connectivity index (χ2v) is 10.3. The molecule has 0 heteroatoms. The Morgan fingerprint density at radius 3 is 1.56 bits per heavy atom. The van der Waals surface area contributed by atoms with Gasteiger partial charge in [-0.1, -0.05) is 32.9 Å². The molecule has 0 spiro atoms. The number of rotatable bonds is 4. The largest absolute Gasteiger partial charge is 0.0917 e. The van der Waals surface area contributed by atoms with Gasteiger partial charge in [0.25, 0.3) is 0 Å². The van der Waals surface area contributed by atoms with Crippen LogP contribution in [-0.2, 0) is 0 Å². The molecule has 3 fully saturated rings.